The van der Waals surface area contributed by atoms with Gasteiger partial charge in [0.15, 0.2) is 0 Å². The van der Waals surface area contributed by atoms with Crippen LogP contribution in [0.15, 0.2) is 18.2 Å². The molecule has 0 unspecified atom stereocenters. The number of hydrogen-bond acceptors (Lipinski definition) is 2. The van der Waals surface area contributed by atoms with Crippen molar-refractivity contribution in [1.29, 1.82) is 0 Å². The second-order valence-corrected chi connectivity index (χ2v) is 5.09. The zero-order valence-corrected chi connectivity index (χ0v) is 9.91. The molecular weight excluding hydrogens is 222 g/mol. The van der Waals surface area contributed by atoms with Crippen molar-refractivity contribution in [2.75, 3.05) is 5.73 Å². The van der Waals surface area contributed by atoms with E-state index < -0.39 is 0 Å². The van der Waals surface area contributed by atoms with E-state index in [9.17, 15) is 0 Å². The number of anilines is 1. The van der Waals surface area contributed by atoms with Gasteiger partial charge in [0, 0.05) is 6.04 Å². The summed E-state index contributed by atoms with van der Waals surface area (Å²) in [5.74, 6) is 1.38. The third-order valence-corrected chi connectivity index (χ3v) is 3.72. The first-order valence-electron chi connectivity index (χ1n) is 5.58. The minimum absolute atomic E-state index is 0.499. The maximum atomic E-state index is 6.11. The van der Waals surface area contributed by atoms with Crippen molar-refractivity contribution in [3.05, 3.63) is 23.2 Å². The molecule has 2 aromatic rings. The quantitative estimate of drug-likeness (QED) is 0.825. The van der Waals surface area contributed by atoms with E-state index in [1.165, 1.54) is 12.8 Å². The molecule has 1 saturated carbocycles. The van der Waals surface area contributed by atoms with Crippen molar-refractivity contribution in [2.24, 2.45) is 5.92 Å². The molecule has 0 atom stereocenters. The summed E-state index contributed by atoms with van der Waals surface area (Å²) in [5.41, 5.74) is 7.85. The highest BCUT2D eigenvalue weighted by Gasteiger charge is 2.29. The lowest BCUT2D eigenvalue weighted by molar-refractivity contribution is 0.223. The van der Waals surface area contributed by atoms with Gasteiger partial charge in [0.1, 0.15) is 5.52 Å². The van der Waals surface area contributed by atoms with Crippen LogP contribution in [0.2, 0.25) is 5.02 Å². The Balaban J connectivity index is 2.16. The number of benzene rings is 1. The molecule has 1 aliphatic rings. The first-order chi connectivity index (χ1) is 7.66. The zero-order valence-electron chi connectivity index (χ0n) is 9.15. The van der Waals surface area contributed by atoms with E-state index in [0.717, 1.165) is 17.0 Å². The number of imidazole rings is 1. The summed E-state index contributed by atoms with van der Waals surface area (Å²) in [4.78, 5) is 4.35. The van der Waals surface area contributed by atoms with Gasteiger partial charge in [-0.05, 0) is 30.9 Å². The van der Waals surface area contributed by atoms with Crippen LogP contribution in [0.3, 0.4) is 0 Å². The molecule has 0 aliphatic heterocycles. The average molecular weight is 236 g/mol. The predicted molar refractivity (Wildman–Crippen MR) is 66.6 cm³/mol. The van der Waals surface area contributed by atoms with Gasteiger partial charge in [0.2, 0.25) is 5.95 Å². The number of nitrogens with two attached hydrogens (primary N) is 1. The van der Waals surface area contributed by atoms with E-state index >= 15 is 0 Å². The molecular formula is C12H14ClN3. The standard InChI is InChI=1S/C12H14ClN3/c1-7-5-8(6-7)16-10-4-2-3-9(13)11(10)15-12(16)14/h2-4,7-8H,5-6H2,1H3,(H2,14,15). The summed E-state index contributed by atoms with van der Waals surface area (Å²) in [5, 5.41) is 0.676. The van der Waals surface area contributed by atoms with E-state index in [2.05, 4.69) is 16.5 Å². The first kappa shape index (κ1) is 9.97. The van der Waals surface area contributed by atoms with Crippen molar-refractivity contribution >= 4 is 28.6 Å². The van der Waals surface area contributed by atoms with Crippen LogP contribution in [0.5, 0.6) is 0 Å². The number of rotatable bonds is 1. The van der Waals surface area contributed by atoms with Crippen LogP contribution in [0.4, 0.5) is 5.95 Å². The first-order valence-corrected chi connectivity index (χ1v) is 5.96. The van der Waals surface area contributed by atoms with Crippen LogP contribution in [0.1, 0.15) is 25.8 Å². The molecule has 1 aromatic heterocycles. The van der Waals surface area contributed by atoms with Crippen molar-refractivity contribution in [3.63, 3.8) is 0 Å². The second-order valence-electron chi connectivity index (χ2n) is 4.68. The Morgan fingerprint density at radius 3 is 2.88 bits per heavy atom. The smallest absolute Gasteiger partial charge is 0.201 e. The molecule has 0 saturated heterocycles. The molecule has 2 N–H and O–H groups in total. The molecule has 1 aromatic carbocycles. The number of nitrogen functional groups attached to an aromatic ring is 1. The van der Waals surface area contributed by atoms with Gasteiger partial charge in [-0.2, -0.15) is 0 Å². The SMILES string of the molecule is CC1CC(n2c(N)nc3c(Cl)cccc32)C1. The fraction of sp³-hybridized carbons (Fsp3) is 0.417. The highest BCUT2D eigenvalue weighted by Crippen LogP contribution is 2.41. The number of halogens is 1. The number of fused-ring (bicyclic) bond motifs is 1. The van der Waals surface area contributed by atoms with Gasteiger partial charge in [-0.15, -0.1) is 0 Å². The summed E-state index contributed by atoms with van der Waals surface area (Å²) < 4.78 is 2.13. The predicted octanol–water partition coefficient (Wildman–Crippen LogP) is 3.24. The van der Waals surface area contributed by atoms with Gasteiger partial charge in [0.25, 0.3) is 0 Å². The third kappa shape index (κ3) is 1.31. The lowest BCUT2D eigenvalue weighted by Gasteiger charge is -2.34. The number of para-hydroxylation sites is 1. The highest BCUT2D eigenvalue weighted by molar-refractivity contribution is 6.35. The Hall–Kier alpha value is -1.22. The Morgan fingerprint density at radius 2 is 2.19 bits per heavy atom. The van der Waals surface area contributed by atoms with E-state index in [0.29, 0.717) is 17.0 Å². The molecule has 1 aliphatic carbocycles. The van der Waals surface area contributed by atoms with Gasteiger partial charge < -0.3 is 10.3 Å². The average Bonchev–Trinajstić information content (AvgIpc) is 2.52. The van der Waals surface area contributed by atoms with Crippen LogP contribution >= 0.6 is 11.6 Å². The molecule has 0 radical (unpaired) electrons. The molecule has 0 amide bonds. The Morgan fingerprint density at radius 1 is 1.44 bits per heavy atom. The summed E-state index contributed by atoms with van der Waals surface area (Å²) >= 11 is 6.11. The molecule has 0 spiro atoms. The van der Waals surface area contributed by atoms with Crippen LogP contribution in [0, 0.1) is 5.92 Å². The van der Waals surface area contributed by atoms with Crippen LogP contribution in [-0.2, 0) is 0 Å². The minimum atomic E-state index is 0.499. The Labute approximate surface area is 99.2 Å². The summed E-state index contributed by atoms with van der Waals surface area (Å²) in [6.45, 7) is 2.26. The van der Waals surface area contributed by atoms with Gasteiger partial charge in [-0.3, -0.25) is 0 Å². The third-order valence-electron chi connectivity index (χ3n) is 3.41. The molecule has 1 heterocycles. The van der Waals surface area contributed by atoms with Crippen molar-refractivity contribution in [3.8, 4) is 0 Å². The van der Waals surface area contributed by atoms with Crippen molar-refractivity contribution < 1.29 is 0 Å². The fourth-order valence-electron chi connectivity index (χ4n) is 2.56. The van der Waals surface area contributed by atoms with Crippen LogP contribution in [0.25, 0.3) is 11.0 Å². The normalized spacial score (nSPS) is 24.6. The molecule has 84 valence electrons. The number of aromatic nitrogens is 2. The Bertz CT molecular complexity index is 540. The largest absolute Gasteiger partial charge is 0.369 e. The van der Waals surface area contributed by atoms with Crippen LogP contribution in [-0.4, -0.2) is 9.55 Å². The minimum Gasteiger partial charge on any atom is -0.369 e. The molecule has 3 rings (SSSR count). The van der Waals surface area contributed by atoms with E-state index in [4.69, 9.17) is 17.3 Å². The number of nitrogens with zero attached hydrogens (tertiary/aromatic N) is 2. The van der Waals surface area contributed by atoms with E-state index in [1.807, 2.05) is 18.2 Å². The highest BCUT2D eigenvalue weighted by atomic mass is 35.5. The van der Waals surface area contributed by atoms with Gasteiger partial charge in [0.05, 0.1) is 10.5 Å². The Kier molecular flexibility index (Phi) is 2.11. The molecule has 0 bridgehead atoms. The molecule has 3 nitrogen and oxygen atoms in total. The second kappa shape index (κ2) is 3.39. The summed E-state index contributed by atoms with van der Waals surface area (Å²) in [7, 11) is 0. The van der Waals surface area contributed by atoms with Crippen molar-refractivity contribution in [1.82, 2.24) is 9.55 Å². The van der Waals surface area contributed by atoms with Gasteiger partial charge in [-0.25, -0.2) is 4.98 Å². The van der Waals surface area contributed by atoms with Gasteiger partial charge >= 0.3 is 0 Å². The number of hydrogen-bond donors (Lipinski definition) is 1. The lowest BCUT2D eigenvalue weighted by Crippen LogP contribution is -2.25. The summed E-state index contributed by atoms with van der Waals surface area (Å²) in [6.07, 6.45) is 2.37. The molecule has 16 heavy (non-hydrogen) atoms. The molecule has 4 heteroatoms. The van der Waals surface area contributed by atoms with E-state index in [-0.39, 0.29) is 0 Å². The zero-order chi connectivity index (χ0) is 11.3. The topological polar surface area (TPSA) is 43.8 Å². The van der Waals surface area contributed by atoms with Gasteiger partial charge in [-0.1, -0.05) is 24.6 Å². The van der Waals surface area contributed by atoms with Crippen molar-refractivity contribution in [2.45, 2.75) is 25.8 Å². The summed E-state index contributed by atoms with van der Waals surface area (Å²) in [6, 6.07) is 6.33. The van der Waals surface area contributed by atoms with E-state index in [1.54, 1.807) is 0 Å². The maximum absolute atomic E-state index is 6.11. The monoisotopic (exact) mass is 235 g/mol. The van der Waals surface area contributed by atoms with Crippen LogP contribution < -0.4 is 5.73 Å². The molecule has 1 fully saturated rings. The maximum Gasteiger partial charge on any atom is 0.201 e. The fourth-order valence-corrected chi connectivity index (χ4v) is 2.77. The lowest BCUT2D eigenvalue weighted by atomic mass is 9.81.